The lowest BCUT2D eigenvalue weighted by atomic mass is 10.2. The van der Waals surface area contributed by atoms with E-state index in [1.54, 1.807) is 12.1 Å². The molecule has 0 saturated carbocycles. The second kappa shape index (κ2) is 11.6. The fourth-order valence-corrected chi connectivity index (χ4v) is 4.11. The summed E-state index contributed by atoms with van der Waals surface area (Å²) in [4.78, 5) is 7.12. The summed E-state index contributed by atoms with van der Waals surface area (Å²) in [6.07, 6.45) is 0. The van der Waals surface area contributed by atoms with Crippen LogP contribution in [0.15, 0.2) is 34.2 Å². The zero-order chi connectivity index (χ0) is 20.4. The molecule has 1 heterocycles. The molecule has 0 amide bonds. The number of benzene rings is 1. The number of halogens is 1. The molecule has 1 aliphatic heterocycles. The van der Waals surface area contributed by atoms with Gasteiger partial charge in [-0.25, -0.2) is 13.1 Å². The van der Waals surface area contributed by atoms with E-state index in [1.165, 1.54) is 12.1 Å². The maximum atomic E-state index is 12.3. The van der Waals surface area contributed by atoms with E-state index >= 15 is 0 Å². The molecule has 158 valence electrons. The van der Waals surface area contributed by atoms with Gasteiger partial charge in [0.2, 0.25) is 10.0 Å². The molecule has 28 heavy (non-hydrogen) atoms. The number of rotatable bonds is 9. The van der Waals surface area contributed by atoms with Crippen LogP contribution in [0.1, 0.15) is 13.8 Å². The third-order valence-corrected chi connectivity index (χ3v) is 6.04. The van der Waals surface area contributed by atoms with Gasteiger partial charge in [0, 0.05) is 43.8 Å². The van der Waals surface area contributed by atoms with Crippen molar-refractivity contribution in [1.82, 2.24) is 20.3 Å². The Morgan fingerprint density at radius 2 is 2.04 bits per heavy atom. The minimum atomic E-state index is -3.59. The van der Waals surface area contributed by atoms with Crippen LogP contribution in [0, 0.1) is 0 Å². The third kappa shape index (κ3) is 7.56. The van der Waals surface area contributed by atoms with Gasteiger partial charge in [-0.15, -0.1) is 0 Å². The molecule has 0 aliphatic carbocycles. The Balaban J connectivity index is 1.80. The van der Waals surface area contributed by atoms with Crippen LogP contribution in [0.25, 0.3) is 0 Å². The van der Waals surface area contributed by atoms with Crippen molar-refractivity contribution in [3.8, 4) is 0 Å². The Kier molecular flexibility index (Phi) is 9.46. The fraction of sp³-hybridized carbons (Fsp3) is 0.611. The van der Waals surface area contributed by atoms with Gasteiger partial charge >= 0.3 is 0 Å². The molecule has 0 radical (unpaired) electrons. The first-order valence-electron chi connectivity index (χ1n) is 9.51. The molecule has 1 atom stereocenters. The van der Waals surface area contributed by atoms with E-state index in [2.05, 4.69) is 32.2 Å². The molecular weight excluding hydrogens is 402 g/mol. The lowest BCUT2D eigenvalue weighted by Crippen LogP contribution is -2.45. The van der Waals surface area contributed by atoms with Crippen LogP contribution in [-0.4, -0.2) is 77.8 Å². The van der Waals surface area contributed by atoms with Crippen LogP contribution in [0.3, 0.4) is 0 Å². The Labute approximate surface area is 172 Å². The summed E-state index contributed by atoms with van der Waals surface area (Å²) in [5.41, 5.74) is 0. The van der Waals surface area contributed by atoms with Gasteiger partial charge in [0.1, 0.15) is 0 Å². The van der Waals surface area contributed by atoms with E-state index in [0.29, 0.717) is 30.1 Å². The summed E-state index contributed by atoms with van der Waals surface area (Å²) in [6, 6.07) is 6.51. The molecule has 0 aromatic heterocycles. The molecule has 1 aromatic carbocycles. The highest BCUT2D eigenvalue weighted by molar-refractivity contribution is 7.89. The second-order valence-electron chi connectivity index (χ2n) is 6.50. The fourth-order valence-electron chi connectivity index (χ4n) is 2.78. The Morgan fingerprint density at radius 1 is 1.29 bits per heavy atom. The van der Waals surface area contributed by atoms with Crippen molar-refractivity contribution >= 4 is 27.6 Å². The van der Waals surface area contributed by atoms with Gasteiger partial charge < -0.3 is 15.4 Å². The SMILES string of the molecule is CCNC(=NCC(C)N1CCOCC1)NCCNS(=O)(=O)c1cccc(Cl)c1. The average Bonchev–Trinajstić information content (AvgIpc) is 2.69. The highest BCUT2D eigenvalue weighted by Crippen LogP contribution is 2.14. The van der Waals surface area contributed by atoms with Crippen LogP contribution < -0.4 is 15.4 Å². The van der Waals surface area contributed by atoms with Gasteiger partial charge in [-0.05, 0) is 32.0 Å². The van der Waals surface area contributed by atoms with Crippen molar-refractivity contribution in [1.29, 1.82) is 0 Å². The summed E-state index contributed by atoms with van der Waals surface area (Å²) in [7, 11) is -3.59. The van der Waals surface area contributed by atoms with Gasteiger partial charge in [0.05, 0.1) is 24.7 Å². The van der Waals surface area contributed by atoms with Crippen LogP contribution in [-0.2, 0) is 14.8 Å². The first-order valence-corrected chi connectivity index (χ1v) is 11.4. The molecule has 3 N–H and O–H groups in total. The van der Waals surface area contributed by atoms with Crippen molar-refractivity contribution in [3.63, 3.8) is 0 Å². The summed E-state index contributed by atoms with van der Waals surface area (Å²) in [6.45, 7) is 9.55. The maximum absolute atomic E-state index is 12.3. The van der Waals surface area contributed by atoms with E-state index in [0.717, 1.165) is 32.8 Å². The monoisotopic (exact) mass is 431 g/mol. The summed E-state index contributed by atoms with van der Waals surface area (Å²) in [5.74, 6) is 0.671. The minimum Gasteiger partial charge on any atom is -0.379 e. The molecule has 8 nitrogen and oxygen atoms in total. The number of aliphatic imine (C=N–C) groups is 1. The molecule has 1 aromatic rings. The topological polar surface area (TPSA) is 95.1 Å². The zero-order valence-corrected chi connectivity index (χ0v) is 18.0. The van der Waals surface area contributed by atoms with Gasteiger partial charge in [-0.2, -0.15) is 0 Å². The molecule has 1 saturated heterocycles. The van der Waals surface area contributed by atoms with Gasteiger partial charge in [0.25, 0.3) is 0 Å². The van der Waals surface area contributed by atoms with Crippen molar-refractivity contribution in [3.05, 3.63) is 29.3 Å². The highest BCUT2D eigenvalue weighted by atomic mass is 35.5. The molecule has 0 bridgehead atoms. The Hall–Kier alpha value is -1.39. The average molecular weight is 432 g/mol. The normalized spacial score (nSPS) is 17.3. The summed E-state index contributed by atoms with van der Waals surface area (Å²) < 4.78 is 32.5. The molecule has 1 unspecified atom stereocenters. The van der Waals surface area contributed by atoms with E-state index < -0.39 is 10.0 Å². The van der Waals surface area contributed by atoms with Gasteiger partial charge in [-0.1, -0.05) is 17.7 Å². The number of guanidine groups is 1. The number of hydrogen-bond donors (Lipinski definition) is 3. The van der Waals surface area contributed by atoms with Crippen LogP contribution in [0.5, 0.6) is 0 Å². The lowest BCUT2D eigenvalue weighted by Gasteiger charge is -2.31. The number of sulfonamides is 1. The van der Waals surface area contributed by atoms with Crippen LogP contribution >= 0.6 is 11.6 Å². The summed E-state index contributed by atoms with van der Waals surface area (Å²) in [5, 5.41) is 6.72. The third-order valence-electron chi connectivity index (χ3n) is 4.34. The number of morpholine rings is 1. The standard InChI is InChI=1S/C18H30ClN5O3S/c1-3-20-18(22-14-15(2)24-9-11-27-12-10-24)21-7-8-23-28(25,26)17-6-4-5-16(19)13-17/h4-6,13,15,23H,3,7-12,14H2,1-2H3,(H2,20,21,22). The first kappa shape index (κ1) is 22.9. The molecule has 2 rings (SSSR count). The predicted octanol–water partition coefficient (Wildman–Crippen LogP) is 0.894. The van der Waals surface area contributed by atoms with Crippen LogP contribution in [0.2, 0.25) is 5.02 Å². The van der Waals surface area contributed by atoms with Crippen molar-refractivity contribution in [2.24, 2.45) is 4.99 Å². The first-order chi connectivity index (χ1) is 13.4. The second-order valence-corrected chi connectivity index (χ2v) is 8.70. The number of hydrogen-bond acceptors (Lipinski definition) is 5. The van der Waals surface area contributed by atoms with E-state index in [-0.39, 0.29) is 11.4 Å². The Bertz CT molecular complexity index is 738. The van der Waals surface area contributed by atoms with Gasteiger partial charge in [0.15, 0.2) is 5.96 Å². The van der Waals surface area contributed by atoms with Gasteiger partial charge in [-0.3, -0.25) is 9.89 Å². The number of ether oxygens (including phenoxy) is 1. The zero-order valence-electron chi connectivity index (χ0n) is 16.4. The molecule has 0 spiro atoms. The van der Waals surface area contributed by atoms with Crippen molar-refractivity contribution in [2.75, 3.05) is 52.5 Å². The molecule has 1 fully saturated rings. The Morgan fingerprint density at radius 3 is 2.71 bits per heavy atom. The maximum Gasteiger partial charge on any atom is 0.240 e. The quantitative estimate of drug-likeness (QED) is 0.305. The largest absolute Gasteiger partial charge is 0.379 e. The van der Waals surface area contributed by atoms with Crippen molar-refractivity contribution < 1.29 is 13.2 Å². The highest BCUT2D eigenvalue weighted by Gasteiger charge is 2.17. The van der Waals surface area contributed by atoms with Crippen molar-refractivity contribution in [2.45, 2.75) is 24.8 Å². The molecule has 1 aliphatic rings. The smallest absolute Gasteiger partial charge is 0.240 e. The molecule has 10 heteroatoms. The van der Waals surface area contributed by atoms with E-state index in [1.807, 2.05) is 6.92 Å². The van der Waals surface area contributed by atoms with Crippen LogP contribution in [0.4, 0.5) is 0 Å². The number of nitrogens with one attached hydrogen (secondary N) is 3. The summed E-state index contributed by atoms with van der Waals surface area (Å²) >= 11 is 5.87. The van der Waals surface area contributed by atoms with E-state index in [4.69, 9.17) is 16.3 Å². The minimum absolute atomic E-state index is 0.153. The van der Waals surface area contributed by atoms with E-state index in [9.17, 15) is 8.42 Å². The predicted molar refractivity (Wildman–Crippen MR) is 112 cm³/mol. The number of nitrogens with zero attached hydrogens (tertiary/aromatic N) is 2. The lowest BCUT2D eigenvalue weighted by molar-refractivity contribution is 0.0220. The molecular formula is C18H30ClN5O3S.